The average molecular weight is 308 g/mol. The summed E-state index contributed by atoms with van der Waals surface area (Å²) < 4.78 is 13.8. The Labute approximate surface area is 110 Å². The van der Waals surface area contributed by atoms with E-state index in [2.05, 4.69) is 29.8 Å². The maximum atomic E-state index is 13.2. The molecule has 1 unspecified atom stereocenters. The van der Waals surface area contributed by atoms with Crippen LogP contribution in [0.4, 0.5) is 4.39 Å². The van der Waals surface area contributed by atoms with Gasteiger partial charge in [-0.2, -0.15) is 0 Å². The van der Waals surface area contributed by atoms with E-state index in [1.54, 1.807) is 6.07 Å². The second-order valence-electron chi connectivity index (χ2n) is 4.37. The lowest BCUT2D eigenvalue weighted by molar-refractivity contribution is 0.546. The van der Waals surface area contributed by atoms with E-state index in [4.69, 9.17) is 11.6 Å². The van der Waals surface area contributed by atoms with Gasteiger partial charge in [-0.15, -0.1) is 11.6 Å². The van der Waals surface area contributed by atoms with Gasteiger partial charge in [-0.05, 0) is 52.7 Å². The Morgan fingerprint density at radius 1 is 1.38 bits per heavy atom. The van der Waals surface area contributed by atoms with E-state index in [1.165, 1.54) is 6.07 Å². The van der Waals surface area contributed by atoms with Crippen LogP contribution in [0.15, 0.2) is 22.7 Å². The van der Waals surface area contributed by atoms with Crippen molar-refractivity contribution < 1.29 is 4.39 Å². The number of aryl methyl sites for hydroxylation is 1. The number of hydrogen-bond acceptors (Lipinski definition) is 0. The van der Waals surface area contributed by atoms with Crippen LogP contribution in [0.25, 0.3) is 0 Å². The van der Waals surface area contributed by atoms with E-state index in [9.17, 15) is 4.39 Å². The molecule has 0 radical (unpaired) electrons. The van der Waals surface area contributed by atoms with Crippen molar-refractivity contribution >= 4 is 27.5 Å². The fraction of sp³-hybridized carbons (Fsp3) is 0.538. The van der Waals surface area contributed by atoms with E-state index < -0.39 is 0 Å². The Bertz CT molecular complexity index is 339. The topological polar surface area (TPSA) is 0 Å². The third kappa shape index (κ3) is 4.06. The molecule has 0 fully saturated rings. The third-order valence-electron chi connectivity index (χ3n) is 2.68. The van der Waals surface area contributed by atoms with Gasteiger partial charge in [-0.1, -0.05) is 26.0 Å². The van der Waals surface area contributed by atoms with Crippen LogP contribution < -0.4 is 0 Å². The van der Waals surface area contributed by atoms with Gasteiger partial charge in [0.1, 0.15) is 5.82 Å². The zero-order chi connectivity index (χ0) is 12.1. The van der Waals surface area contributed by atoms with E-state index in [0.29, 0.717) is 10.4 Å². The first-order valence-corrected chi connectivity index (χ1v) is 6.82. The Hall–Kier alpha value is -0.0800. The molecule has 1 aromatic carbocycles. The molecule has 0 heterocycles. The van der Waals surface area contributed by atoms with Crippen LogP contribution >= 0.6 is 27.5 Å². The van der Waals surface area contributed by atoms with Crippen molar-refractivity contribution in [3.05, 3.63) is 34.1 Å². The smallest absolute Gasteiger partial charge is 0.137 e. The molecule has 1 rings (SSSR count). The van der Waals surface area contributed by atoms with Crippen molar-refractivity contribution in [1.29, 1.82) is 0 Å². The van der Waals surface area contributed by atoms with Crippen LogP contribution in [0.1, 0.15) is 32.3 Å². The number of alkyl halides is 1. The second-order valence-corrected chi connectivity index (χ2v) is 5.72. The van der Waals surface area contributed by atoms with Crippen molar-refractivity contribution in [3.63, 3.8) is 0 Å². The van der Waals surface area contributed by atoms with Gasteiger partial charge in [0.15, 0.2) is 0 Å². The first-order valence-electron chi connectivity index (χ1n) is 5.59. The largest absolute Gasteiger partial charge is 0.206 e. The zero-order valence-corrected chi connectivity index (χ0v) is 12.0. The monoisotopic (exact) mass is 306 g/mol. The number of hydrogen-bond donors (Lipinski definition) is 0. The van der Waals surface area contributed by atoms with Crippen molar-refractivity contribution in [3.8, 4) is 0 Å². The highest BCUT2D eigenvalue weighted by Crippen LogP contribution is 2.23. The Morgan fingerprint density at radius 2 is 2.06 bits per heavy atom. The summed E-state index contributed by atoms with van der Waals surface area (Å²) in [6, 6.07) is 5.16. The average Bonchev–Trinajstić information content (AvgIpc) is 2.24. The van der Waals surface area contributed by atoms with Gasteiger partial charge in [-0.3, -0.25) is 0 Å². The molecule has 0 nitrogen and oxygen atoms in total. The standard InChI is InChI=1S/C13H17BrClF/c1-9(2)11(15)7-3-5-10-6-4-8-12(16)13(10)14/h4,6,8-9,11H,3,5,7H2,1-2H3. The minimum absolute atomic E-state index is 0.191. The molecule has 3 heteroatoms. The van der Waals surface area contributed by atoms with Gasteiger partial charge in [0.05, 0.1) is 4.47 Å². The van der Waals surface area contributed by atoms with Gasteiger partial charge in [0, 0.05) is 5.38 Å². The van der Waals surface area contributed by atoms with Crippen molar-refractivity contribution in [2.75, 3.05) is 0 Å². The minimum atomic E-state index is -0.191. The highest BCUT2D eigenvalue weighted by Gasteiger charge is 2.10. The highest BCUT2D eigenvalue weighted by molar-refractivity contribution is 9.10. The molecular formula is C13H17BrClF. The van der Waals surface area contributed by atoms with Crippen LogP contribution in [0, 0.1) is 11.7 Å². The number of halogens is 3. The summed E-state index contributed by atoms with van der Waals surface area (Å²) in [5, 5.41) is 0.215. The molecule has 1 aromatic rings. The lowest BCUT2D eigenvalue weighted by atomic mass is 10.0. The summed E-state index contributed by atoms with van der Waals surface area (Å²) in [7, 11) is 0. The SMILES string of the molecule is CC(C)C(Cl)CCCc1cccc(F)c1Br. The van der Waals surface area contributed by atoms with Gasteiger partial charge < -0.3 is 0 Å². The van der Waals surface area contributed by atoms with E-state index in [0.717, 1.165) is 24.8 Å². The fourth-order valence-corrected chi connectivity index (χ4v) is 2.18. The summed E-state index contributed by atoms with van der Waals surface area (Å²) in [5.74, 6) is 0.307. The van der Waals surface area contributed by atoms with Crippen molar-refractivity contribution in [2.45, 2.75) is 38.5 Å². The summed E-state index contributed by atoms with van der Waals surface area (Å²) >= 11 is 9.44. The summed E-state index contributed by atoms with van der Waals surface area (Å²) in [6.45, 7) is 4.24. The normalized spacial score (nSPS) is 13.1. The second kappa shape index (κ2) is 6.61. The molecule has 0 aromatic heterocycles. The first-order chi connectivity index (χ1) is 7.52. The molecule has 0 N–H and O–H groups in total. The van der Waals surface area contributed by atoms with Crippen LogP contribution in [0.3, 0.4) is 0 Å². The number of rotatable bonds is 5. The molecule has 0 aliphatic rings. The van der Waals surface area contributed by atoms with E-state index >= 15 is 0 Å². The molecule has 0 saturated heterocycles. The summed E-state index contributed by atoms with van der Waals surface area (Å²) in [4.78, 5) is 0. The molecule has 1 atom stereocenters. The summed E-state index contributed by atoms with van der Waals surface area (Å²) in [5.41, 5.74) is 1.02. The van der Waals surface area contributed by atoms with Crippen molar-refractivity contribution in [1.82, 2.24) is 0 Å². The molecule has 16 heavy (non-hydrogen) atoms. The zero-order valence-electron chi connectivity index (χ0n) is 9.64. The Balaban J connectivity index is 2.46. The molecular weight excluding hydrogens is 290 g/mol. The molecule has 90 valence electrons. The lowest BCUT2D eigenvalue weighted by Gasteiger charge is -2.13. The van der Waals surface area contributed by atoms with Crippen LogP contribution in [0.5, 0.6) is 0 Å². The number of benzene rings is 1. The van der Waals surface area contributed by atoms with E-state index in [1.807, 2.05) is 6.07 Å². The molecule has 0 aliphatic carbocycles. The van der Waals surface area contributed by atoms with Gasteiger partial charge in [0.25, 0.3) is 0 Å². The Morgan fingerprint density at radius 3 is 2.69 bits per heavy atom. The van der Waals surface area contributed by atoms with Gasteiger partial charge >= 0.3 is 0 Å². The van der Waals surface area contributed by atoms with Crippen molar-refractivity contribution in [2.24, 2.45) is 5.92 Å². The molecule has 0 amide bonds. The van der Waals surface area contributed by atoms with E-state index in [-0.39, 0.29) is 11.2 Å². The molecule has 0 saturated carbocycles. The third-order valence-corrected chi connectivity index (χ3v) is 4.29. The van der Waals surface area contributed by atoms with Crippen LogP contribution in [-0.4, -0.2) is 5.38 Å². The lowest BCUT2D eigenvalue weighted by Crippen LogP contribution is -2.07. The van der Waals surface area contributed by atoms with Crippen LogP contribution in [0.2, 0.25) is 0 Å². The first kappa shape index (κ1) is 14.0. The summed E-state index contributed by atoms with van der Waals surface area (Å²) in [6.07, 6.45) is 2.84. The quantitative estimate of drug-likeness (QED) is 0.658. The highest BCUT2D eigenvalue weighted by atomic mass is 79.9. The van der Waals surface area contributed by atoms with Crippen LogP contribution in [-0.2, 0) is 6.42 Å². The maximum absolute atomic E-state index is 13.2. The fourth-order valence-electron chi connectivity index (χ4n) is 1.56. The maximum Gasteiger partial charge on any atom is 0.137 e. The van der Waals surface area contributed by atoms with Gasteiger partial charge in [-0.25, -0.2) is 4.39 Å². The molecule has 0 aliphatic heterocycles. The molecule has 0 bridgehead atoms. The van der Waals surface area contributed by atoms with Gasteiger partial charge in [0.2, 0.25) is 0 Å². The predicted octanol–water partition coefficient (Wildman–Crippen LogP) is 5.17. The minimum Gasteiger partial charge on any atom is -0.206 e. The molecule has 0 spiro atoms. The Kier molecular flexibility index (Phi) is 5.77. The predicted molar refractivity (Wildman–Crippen MR) is 71.5 cm³/mol.